The first-order chi connectivity index (χ1) is 9.13. The third kappa shape index (κ3) is 3.01. The van der Waals surface area contributed by atoms with E-state index >= 15 is 0 Å². The van der Waals surface area contributed by atoms with Crippen molar-refractivity contribution < 1.29 is 0 Å². The maximum Gasteiger partial charge on any atom is 0.224 e. The fourth-order valence-corrected chi connectivity index (χ4v) is 3.78. The number of halogens is 3. The Morgan fingerprint density at radius 1 is 1.37 bits per heavy atom. The molecule has 19 heavy (non-hydrogen) atoms. The Bertz CT molecular complexity index is 653. The minimum Gasteiger partial charge on any atom is -0.339 e. The van der Waals surface area contributed by atoms with Crippen molar-refractivity contribution >= 4 is 73.4 Å². The zero-order valence-electron chi connectivity index (χ0n) is 9.58. The van der Waals surface area contributed by atoms with Crippen LogP contribution in [0, 0.1) is 3.57 Å². The lowest BCUT2D eigenvalue weighted by molar-refractivity contribution is 0.980. The van der Waals surface area contributed by atoms with E-state index in [0.717, 1.165) is 38.7 Å². The molecule has 0 fully saturated rings. The third-order valence-corrected chi connectivity index (χ3v) is 6.31. The number of hydrogen-bond acceptors (Lipinski definition) is 4. The van der Waals surface area contributed by atoms with Crippen LogP contribution in [0.25, 0.3) is 0 Å². The lowest BCUT2D eigenvalue weighted by Crippen LogP contribution is -2.00. The van der Waals surface area contributed by atoms with Gasteiger partial charge in [-0.3, -0.25) is 0 Å². The van der Waals surface area contributed by atoms with Gasteiger partial charge in [-0.25, -0.2) is 4.98 Å². The summed E-state index contributed by atoms with van der Waals surface area (Å²) in [5.74, 6) is 1.83. The van der Waals surface area contributed by atoms with Crippen molar-refractivity contribution in [2.45, 2.75) is 11.3 Å². The van der Waals surface area contributed by atoms with Gasteiger partial charge in [0.05, 0.1) is 10.6 Å². The number of aryl methyl sites for hydroxylation is 1. The first-order valence-corrected chi connectivity index (χ1v) is 8.78. The molecule has 0 saturated heterocycles. The van der Waals surface area contributed by atoms with Crippen LogP contribution < -0.4 is 5.32 Å². The molecule has 3 nitrogen and oxygen atoms in total. The van der Waals surface area contributed by atoms with Crippen molar-refractivity contribution in [1.29, 1.82) is 0 Å². The molecule has 1 aliphatic heterocycles. The molecule has 3 rings (SSSR count). The zero-order chi connectivity index (χ0) is 13.4. The van der Waals surface area contributed by atoms with Crippen LogP contribution in [0.1, 0.15) is 5.69 Å². The molecule has 0 amide bonds. The number of nitrogens with zero attached hydrogens (tertiary/aromatic N) is 2. The number of nitrogens with one attached hydrogen (secondary N) is 1. The maximum atomic E-state index is 5.97. The van der Waals surface area contributed by atoms with Crippen LogP contribution in [-0.4, -0.2) is 15.7 Å². The highest BCUT2D eigenvalue weighted by Crippen LogP contribution is 2.37. The summed E-state index contributed by atoms with van der Waals surface area (Å²) in [6.45, 7) is 0. The molecule has 7 heteroatoms. The quantitative estimate of drug-likeness (QED) is 0.503. The number of fused-ring (bicyclic) bond motifs is 1. The highest BCUT2D eigenvalue weighted by atomic mass is 127. The standard InChI is InChI=1S/C12H8BrClIN3S/c13-7-5-6(1-2-8(7)15)16-11-10-9(3-4-19-10)17-12(14)18-11/h1-2,5H,3-4H2,(H,16,17,18). The number of thioether (sulfide) groups is 1. The topological polar surface area (TPSA) is 37.8 Å². The molecule has 0 saturated carbocycles. The second-order valence-corrected chi connectivity index (χ2v) is 7.43. The smallest absolute Gasteiger partial charge is 0.224 e. The van der Waals surface area contributed by atoms with Crippen LogP contribution in [0.2, 0.25) is 5.28 Å². The summed E-state index contributed by atoms with van der Waals surface area (Å²) in [6, 6.07) is 6.10. The fourth-order valence-electron chi connectivity index (χ4n) is 1.83. The number of benzene rings is 1. The maximum absolute atomic E-state index is 5.97. The number of aromatic nitrogens is 2. The van der Waals surface area contributed by atoms with Gasteiger partial charge < -0.3 is 5.32 Å². The van der Waals surface area contributed by atoms with Gasteiger partial charge in [0.2, 0.25) is 5.28 Å². The van der Waals surface area contributed by atoms with Gasteiger partial charge in [-0.1, -0.05) is 0 Å². The molecule has 1 aromatic carbocycles. The molecule has 0 unspecified atom stereocenters. The molecule has 2 heterocycles. The van der Waals surface area contributed by atoms with Crippen molar-refractivity contribution in [3.05, 3.63) is 37.2 Å². The van der Waals surface area contributed by atoms with Crippen LogP contribution in [0.15, 0.2) is 27.6 Å². The summed E-state index contributed by atoms with van der Waals surface area (Å²) in [4.78, 5) is 9.68. The predicted octanol–water partition coefficient (Wildman–Crippen LogP) is 4.89. The Balaban J connectivity index is 1.97. The van der Waals surface area contributed by atoms with Crippen molar-refractivity contribution in [3.63, 3.8) is 0 Å². The zero-order valence-corrected chi connectivity index (χ0v) is 14.9. The van der Waals surface area contributed by atoms with Gasteiger partial charge in [0.1, 0.15) is 5.82 Å². The molecule has 1 aliphatic rings. The van der Waals surface area contributed by atoms with E-state index < -0.39 is 0 Å². The van der Waals surface area contributed by atoms with Crippen molar-refractivity contribution in [2.24, 2.45) is 0 Å². The molecular formula is C12H8BrClIN3S. The molecule has 0 aliphatic carbocycles. The van der Waals surface area contributed by atoms with Crippen molar-refractivity contribution in [1.82, 2.24) is 9.97 Å². The van der Waals surface area contributed by atoms with E-state index in [2.05, 4.69) is 53.8 Å². The second-order valence-electron chi connectivity index (χ2n) is 3.97. The van der Waals surface area contributed by atoms with Crippen LogP contribution in [0.5, 0.6) is 0 Å². The molecule has 1 aromatic heterocycles. The van der Waals surface area contributed by atoms with Gasteiger partial charge in [-0.05, 0) is 68.3 Å². The van der Waals surface area contributed by atoms with Gasteiger partial charge in [-0.2, -0.15) is 4.98 Å². The summed E-state index contributed by atoms with van der Waals surface area (Å²) in [7, 11) is 0. The van der Waals surface area contributed by atoms with Gasteiger partial charge in [0.25, 0.3) is 0 Å². The Morgan fingerprint density at radius 2 is 2.21 bits per heavy atom. The third-order valence-electron chi connectivity index (χ3n) is 2.68. The van der Waals surface area contributed by atoms with Crippen LogP contribution in [0.4, 0.5) is 11.5 Å². The minimum absolute atomic E-state index is 0.299. The highest BCUT2D eigenvalue weighted by molar-refractivity contribution is 14.1. The summed E-state index contributed by atoms with van der Waals surface area (Å²) < 4.78 is 2.23. The second kappa shape index (κ2) is 5.75. The van der Waals surface area contributed by atoms with Crippen LogP contribution >= 0.6 is 61.9 Å². The minimum atomic E-state index is 0.299. The summed E-state index contributed by atoms with van der Waals surface area (Å²) in [5.41, 5.74) is 2.02. The lowest BCUT2D eigenvalue weighted by Gasteiger charge is -2.10. The van der Waals surface area contributed by atoms with Gasteiger partial charge in [0.15, 0.2) is 0 Å². The van der Waals surface area contributed by atoms with E-state index in [4.69, 9.17) is 11.6 Å². The summed E-state index contributed by atoms with van der Waals surface area (Å²) in [5, 5.41) is 3.62. The predicted molar refractivity (Wildman–Crippen MR) is 91.6 cm³/mol. The van der Waals surface area contributed by atoms with Crippen molar-refractivity contribution in [3.8, 4) is 0 Å². The molecule has 0 bridgehead atoms. The lowest BCUT2D eigenvalue weighted by atomic mass is 10.3. The highest BCUT2D eigenvalue weighted by Gasteiger charge is 2.19. The molecule has 0 atom stereocenters. The fraction of sp³-hybridized carbons (Fsp3) is 0.167. The van der Waals surface area contributed by atoms with E-state index in [1.54, 1.807) is 11.8 Å². The first kappa shape index (κ1) is 13.9. The molecule has 0 radical (unpaired) electrons. The first-order valence-electron chi connectivity index (χ1n) is 5.55. The Labute approximate surface area is 142 Å². The Hall–Kier alpha value is -0.0500. The van der Waals surface area contributed by atoms with Gasteiger partial charge in [-0.15, -0.1) is 11.8 Å². The molecule has 1 N–H and O–H groups in total. The van der Waals surface area contributed by atoms with Gasteiger partial charge in [0, 0.05) is 25.9 Å². The van der Waals surface area contributed by atoms with E-state index in [1.165, 1.54) is 3.57 Å². The monoisotopic (exact) mass is 467 g/mol. The van der Waals surface area contributed by atoms with Crippen LogP contribution in [0.3, 0.4) is 0 Å². The Morgan fingerprint density at radius 3 is 3.00 bits per heavy atom. The number of rotatable bonds is 2. The molecule has 0 spiro atoms. The average molecular weight is 469 g/mol. The number of hydrogen-bond donors (Lipinski definition) is 1. The van der Waals surface area contributed by atoms with E-state index in [9.17, 15) is 0 Å². The Kier molecular flexibility index (Phi) is 4.21. The largest absolute Gasteiger partial charge is 0.339 e. The summed E-state index contributed by atoms with van der Waals surface area (Å²) >= 11 is 13.5. The molecule has 98 valence electrons. The van der Waals surface area contributed by atoms with E-state index in [-0.39, 0.29) is 0 Å². The molecule has 2 aromatic rings. The molecular weight excluding hydrogens is 460 g/mol. The SMILES string of the molecule is Clc1nc2c(c(Nc3ccc(I)c(Br)c3)n1)SCC2. The van der Waals surface area contributed by atoms with Gasteiger partial charge >= 0.3 is 0 Å². The van der Waals surface area contributed by atoms with Crippen molar-refractivity contribution in [2.75, 3.05) is 11.1 Å². The number of anilines is 2. The van der Waals surface area contributed by atoms with Crippen LogP contribution in [-0.2, 0) is 6.42 Å². The van der Waals surface area contributed by atoms with E-state index in [1.807, 2.05) is 18.2 Å². The average Bonchev–Trinajstić information content (AvgIpc) is 2.82. The normalized spacial score (nSPS) is 13.4. The van der Waals surface area contributed by atoms with E-state index in [0.29, 0.717) is 5.28 Å². The summed E-state index contributed by atoms with van der Waals surface area (Å²) in [6.07, 6.45) is 0.952.